The Morgan fingerprint density at radius 2 is 1.82 bits per heavy atom. The maximum absolute atomic E-state index is 12.6. The number of carbonyl (C=O) groups excluding carboxylic acids is 1. The maximum atomic E-state index is 12.6. The summed E-state index contributed by atoms with van der Waals surface area (Å²) in [5.74, 6) is -0.222. The van der Waals surface area contributed by atoms with Gasteiger partial charge in [0.15, 0.2) is 11.5 Å². The van der Waals surface area contributed by atoms with E-state index < -0.39 is 11.9 Å². The molecule has 0 bridgehead atoms. The summed E-state index contributed by atoms with van der Waals surface area (Å²) in [7, 11) is 5.40. The normalized spacial score (nSPS) is 23.7. The number of nitrogens with one attached hydrogen (secondary N) is 1. The second-order valence-electron chi connectivity index (χ2n) is 8.65. The zero-order chi connectivity index (χ0) is 23.6. The van der Waals surface area contributed by atoms with Crippen molar-refractivity contribution in [2.75, 3.05) is 27.8 Å². The van der Waals surface area contributed by atoms with Crippen molar-refractivity contribution in [1.29, 1.82) is 0 Å². The summed E-state index contributed by atoms with van der Waals surface area (Å²) in [6.07, 6.45) is 3.42. The fourth-order valence-electron chi connectivity index (χ4n) is 5.24. The van der Waals surface area contributed by atoms with Crippen molar-refractivity contribution in [3.63, 3.8) is 0 Å². The third-order valence-corrected chi connectivity index (χ3v) is 7.05. The van der Waals surface area contributed by atoms with E-state index in [1.54, 1.807) is 26.4 Å². The summed E-state index contributed by atoms with van der Waals surface area (Å²) in [6, 6.07) is 12.5. The molecule has 2 N–H and O–H groups in total. The number of carbonyl (C=O) groups is 2. The molecule has 1 heterocycles. The van der Waals surface area contributed by atoms with Crippen LogP contribution in [0, 0.1) is 0 Å². The summed E-state index contributed by atoms with van der Waals surface area (Å²) >= 11 is 0. The molecule has 4 rings (SSSR count). The summed E-state index contributed by atoms with van der Waals surface area (Å²) in [5, 5.41) is 13.7. The van der Waals surface area contributed by atoms with Crippen molar-refractivity contribution in [1.82, 2.24) is 10.3 Å². The zero-order valence-corrected chi connectivity index (χ0v) is 19.1. The molecule has 33 heavy (non-hydrogen) atoms. The van der Waals surface area contributed by atoms with Crippen LogP contribution in [0.1, 0.15) is 52.0 Å². The van der Waals surface area contributed by atoms with Gasteiger partial charge in [-0.3, -0.25) is 4.79 Å². The first-order chi connectivity index (χ1) is 15.9. The number of aromatic carboxylic acids is 1. The molecule has 8 nitrogen and oxygen atoms in total. The number of fused-ring (bicyclic) bond motifs is 1. The smallest absolute Gasteiger partial charge is 0.336 e. The van der Waals surface area contributed by atoms with Crippen molar-refractivity contribution in [3.05, 3.63) is 59.2 Å². The second kappa shape index (κ2) is 9.23. The van der Waals surface area contributed by atoms with Gasteiger partial charge in [-0.2, -0.15) is 5.10 Å². The number of carboxylic acid groups (broad SMARTS) is 1. The molecule has 1 aliphatic heterocycles. The minimum atomic E-state index is -1.14. The minimum Gasteiger partial charge on any atom is -0.493 e. The van der Waals surface area contributed by atoms with E-state index in [4.69, 9.17) is 9.47 Å². The Morgan fingerprint density at radius 1 is 1.09 bits per heavy atom. The van der Waals surface area contributed by atoms with Gasteiger partial charge in [-0.05, 0) is 62.7 Å². The molecule has 0 spiro atoms. The number of likely N-dealkylation sites (N-methyl/N-ethyl adjacent to an activating group) is 1. The molecule has 2 aliphatic rings. The highest BCUT2D eigenvalue weighted by atomic mass is 16.5. The third-order valence-electron chi connectivity index (χ3n) is 7.05. The number of likely N-dealkylation sites (tertiary alicyclic amines) is 1. The van der Waals surface area contributed by atoms with Gasteiger partial charge in [0.1, 0.15) is 0 Å². The number of hydrogen-bond acceptors (Lipinski definition) is 6. The predicted molar refractivity (Wildman–Crippen MR) is 124 cm³/mol. The number of benzene rings is 2. The topological polar surface area (TPSA) is 100 Å². The first-order valence-electron chi connectivity index (χ1n) is 11.0. The van der Waals surface area contributed by atoms with Gasteiger partial charge < -0.3 is 19.5 Å². The third kappa shape index (κ3) is 4.18. The molecule has 174 valence electrons. The Morgan fingerprint density at radius 3 is 2.52 bits per heavy atom. The number of hydrogen-bond donors (Lipinski definition) is 2. The van der Waals surface area contributed by atoms with E-state index in [1.807, 2.05) is 6.07 Å². The highest BCUT2D eigenvalue weighted by Crippen LogP contribution is 2.49. The Bertz CT molecular complexity index is 1100. The van der Waals surface area contributed by atoms with Crippen LogP contribution in [-0.4, -0.2) is 61.4 Å². The molecular formula is C25H29N3O5. The quantitative estimate of drug-likeness (QED) is 0.654. The lowest BCUT2D eigenvalue weighted by Crippen LogP contribution is -2.46. The van der Waals surface area contributed by atoms with E-state index in [1.165, 1.54) is 17.7 Å². The Kier molecular flexibility index (Phi) is 6.37. The van der Waals surface area contributed by atoms with E-state index >= 15 is 0 Å². The number of nitrogens with zero attached hydrogens (tertiary/aromatic N) is 2. The van der Waals surface area contributed by atoms with E-state index in [0.29, 0.717) is 5.75 Å². The maximum Gasteiger partial charge on any atom is 0.336 e. The Labute approximate surface area is 193 Å². The molecule has 2 fully saturated rings. The highest BCUT2D eigenvalue weighted by molar-refractivity contribution is 6.05. The molecule has 1 saturated carbocycles. The summed E-state index contributed by atoms with van der Waals surface area (Å²) in [5.41, 5.74) is 4.75. The largest absolute Gasteiger partial charge is 0.493 e. The average molecular weight is 452 g/mol. The van der Waals surface area contributed by atoms with Crippen molar-refractivity contribution in [2.24, 2.45) is 5.10 Å². The molecule has 1 saturated heterocycles. The van der Waals surface area contributed by atoms with Crippen molar-refractivity contribution >= 4 is 17.6 Å². The van der Waals surface area contributed by atoms with Crippen LogP contribution in [0.15, 0.2) is 47.6 Å². The molecule has 2 atom stereocenters. The van der Waals surface area contributed by atoms with Crippen LogP contribution in [-0.2, 0) is 5.41 Å². The summed E-state index contributed by atoms with van der Waals surface area (Å²) in [4.78, 5) is 26.4. The zero-order valence-electron chi connectivity index (χ0n) is 19.1. The van der Waals surface area contributed by atoms with Crippen molar-refractivity contribution < 1.29 is 24.2 Å². The van der Waals surface area contributed by atoms with Crippen LogP contribution in [0.5, 0.6) is 11.5 Å². The first-order valence-corrected chi connectivity index (χ1v) is 11.0. The second-order valence-corrected chi connectivity index (χ2v) is 8.65. The molecular weight excluding hydrogens is 422 g/mol. The Balaban J connectivity index is 1.55. The van der Waals surface area contributed by atoms with Crippen LogP contribution in [0.25, 0.3) is 0 Å². The number of amides is 1. The van der Waals surface area contributed by atoms with Gasteiger partial charge in [-0.1, -0.05) is 18.2 Å². The summed E-state index contributed by atoms with van der Waals surface area (Å²) < 4.78 is 11.0. The minimum absolute atomic E-state index is 0.0206. The van der Waals surface area contributed by atoms with E-state index in [9.17, 15) is 14.7 Å². The van der Waals surface area contributed by atoms with Gasteiger partial charge in [-0.25, -0.2) is 10.2 Å². The van der Waals surface area contributed by atoms with Gasteiger partial charge in [0.25, 0.3) is 5.91 Å². The predicted octanol–water partition coefficient (Wildman–Crippen LogP) is 3.31. The molecule has 2 aromatic carbocycles. The lowest BCUT2D eigenvalue weighted by atomic mass is 9.65. The van der Waals surface area contributed by atoms with Gasteiger partial charge >= 0.3 is 5.97 Å². The molecule has 0 aromatic heterocycles. The average Bonchev–Trinajstić information content (AvgIpc) is 3.18. The van der Waals surface area contributed by atoms with Crippen LogP contribution in [0.2, 0.25) is 0 Å². The lowest BCUT2D eigenvalue weighted by Gasteiger charge is -2.42. The van der Waals surface area contributed by atoms with Gasteiger partial charge in [0, 0.05) is 23.6 Å². The number of hydrazone groups is 1. The molecule has 1 amide bonds. The standard InChI is InChI=1S/C25H29N3O5/c1-28-13-12-25(16-8-9-20(32-2)21(14-16)33-3)11-10-17(15-22(25)28)26-27-23(29)18-6-4-5-7-19(18)24(30)31/h4-9,14,22H,10-13,15H2,1-3H3,(H,27,29)(H,30,31)/t22-,25-/m0/s1. The van der Waals surface area contributed by atoms with Crippen LogP contribution in [0.3, 0.4) is 0 Å². The first kappa shape index (κ1) is 22.8. The molecule has 8 heteroatoms. The van der Waals surface area contributed by atoms with Crippen molar-refractivity contribution in [2.45, 2.75) is 37.1 Å². The Hall–Kier alpha value is -3.39. The monoisotopic (exact) mass is 451 g/mol. The highest BCUT2D eigenvalue weighted by Gasteiger charge is 2.50. The van der Waals surface area contributed by atoms with E-state index in [-0.39, 0.29) is 22.6 Å². The molecule has 0 radical (unpaired) electrons. The lowest BCUT2D eigenvalue weighted by molar-refractivity contribution is 0.0691. The summed E-state index contributed by atoms with van der Waals surface area (Å²) in [6.45, 7) is 0.977. The van der Waals surface area contributed by atoms with Crippen LogP contribution >= 0.6 is 0 Å². The van der Waals surface area contributed by atoms with Crippen molar-refractivity contribution in [3.8, 4) is 11.5 Å². The fourth-order valence-corrected chi connectivity index (χ4v) is 5.24. The van der Waals surface area contributed by atoms with Gasteiger partial charge in [0.05, 0.1) is 25.3 Å². The van der Waals surface area contributed by atoms with E-state index in [2.05, 4.69) is 34.6 Å². The molecule has 1 aliphatic carbocycles. The fraction of sp³-hybridized carbons (Fsp3) is 0.400. The van der Waals surface area contributed by atoms with Crippen LogP contribution < -0.4 is 14.9 Å². The molecule has 2 aromatic rings. The van der Waals surface area contributed by atoms with E-state index in [0.717, 1.165) is 43.7 Å². The molecule has 0 unspecified atom stereocenters. The number of ether oxygens (including phenoxy) is 2. The van der Waals surface area contributed by atoms with Crippen LogP contribution in [0.4, 0.5) is 0 Å². The number of methoxy groups -OCH3 is 2. The number of carboxylic acids is 1. The SMILES string of the molecule is COc1ccc([C@@]23CCC(=NNC(=O)c4ccccc4C(=O)O)C[C@@H]2N(C)CC3)cc1OC. The van der Waals surface area contributed by atoms with Gasteiger partial charge in [-0.15, -0.1) is 0 Å². The number of rotatable bonds is 6. The van der Waals surface area contributed by atoms with Gasteiger partial charge in [0.2, 0.25) is 0 Å².